The van der Waals surface area contributed by atoms with E-state index in [0.717, 1.165) is 0 Å². The maximum Gasteiger partial charge on any atom is 0.282 e. The van der Waals surface area contributed by atoms with Gasteiger partial charge in [0, 0.05) is 6.07 Å². The number of para-hydroxylation sites is 1. The molecule has 7 heteroatoms. The van der Waals surface area contributed by atoms with Crippen molar-refractivity contribution in [3.63, 3.8) is 0 Å². The minimum atomic E-state index is -0.617. The predicted octanol–water partition coefficient (Wildman–Crippen LogP) is 3.88. The number of halogens is 2. The first kappa shape index (κ1) is 15.9. The summed E-state index contributed by atoms with van der Waals surface area (Å²) < 4.78 is 13.1. The van der Waals surface area contributed by atoms with Crippen molar-refractivity contribution in [2.24, 2.45) is 0 Å². The molecule has 1 atom stereocenters. The number of benzene rings is 2. The number of nitrogens with zero attached hydrogens (tertiary/aromatic N) is 1. The van der Waals surface area contributed by atoms with E-state index >= 15 is 0 Å². The maximum absolute atomic E-state index is 13.1. The standard InChI is InChI=1S/C15H12ClFN2O3/c1-9(10-6-7-13(17)12(16)8-10)18-15(20)11-4-2-3-5-14(11)19(21)22/h2-9H,1H3,(H,18,20). The molecule has 0 saturated heterocycles. The van der Waals surface area contributed by atoms with Gasteiger partial charge >= 0.3 is 0 Å². The summed E-state index contributed by atoms with van der Waals surface area (Å²) in [6, 6.07) is 9.27. The third-order valence-corrected chi connectivity index (χ3v) is 3.43. The van der Waals surface area contributed by atoms with Crippen molar-refractivity contribution in [3.05, 3.63) is 74.5 Å². The highest BCUT2D eigenvalue weighted by Gasteiger charge is 2.21. The fourth-order valence-corrected chi connectivity index (χ4v) is 2.15. The molecule has 0 bridgehead atoms. The fourth-order valence-electron chi connectivity index (χ4n) is 1.96. The third kappa shape index (κ3) is 3.40. The Morgan fingerprint density at radius 2 is 2.00 bits per heavy atom. The Balaban J connectivity index is 2.21. The quantitative estimate of drug-likeness (QED) is 0.686. The molecule has 5 nitrogen and oxygen atoms in total. The fraction of sp³-hybridized carbons (Fsp3) is 0.133. The smallest absolute Gasteiger partial charge is 0.282 e. The molecule has 0 aromatic heterocycles. The van der Waals surface area contributed by atoms with Crippen molar-refractivity contribution in [2.75, 3.05) is 0 Å². The number of nitro benzene ring substituents is 1. The van der Waals surface area contributed by atoms with Gasteiger partial charge in [-0.2, -0.15) is 0 Å². The van der Waals surface area contributed by atoms with Gasteiger partial charge in [-0.1, -0.05) is 29.8 Å². The molecular formula is C15H12ClFN2O3. The highest BCUT2D eigenvalue weighted by atomic mass is 35.5. The second kappa shape index (κ2) is 6.53. The van der Waals surface area contributed by atoms with Gasteiger partial charge in [0.05, 0.1) is 16.0 Å². The molecule has 0 spiro atoms. The average molecular weight is 323 g/mol. The number of rotatable bonds is 4. The molecule has 2 aromatic rings. The molecular weight excluding hydrogens is 311 g/mol. The second-order valence-corrected chi connectivity index (χ2v) is 5.05. The Hall–Kier alpha value is -2.47. The number of hydrogen-bond donors (Lipinski definition) is 1. The monoisotopic (exact) mass is 322 g/mol. The molecule has 1 amide bonds. The Kier molecular flexibility index (Phi) is 4.72. The number of carbonyl (C=O) groups is 1. The summed E-state index contributed by atoms with van der Waals surface area (Å²) in [5, 5.41) is 13.5. The molecule has 2 rings (SSSR count). The van der Waals surface area contributed by atoms with Crippen molar-refractivity contribution < 1.29 is 14.1 Å². The molecule has 1 N–H and O–H groups in total. The van der Waals surface area contributed by atoms with Crippen LogP contribution in [0.4, 0.5) is 10.1 Å². The molecule has 0 fully saturated rings. The van der Waals surface area contributed by atoms with Crippen molar-refractivity contribution in [3.8, 4) is 0 Å². The lowest BCUT2D eigenvalue weighted by molar-refractivity contribution is -0.385. The van der Waals surface area contributed by atoms with Crippen LogP contribution >= 0.6 is 11.6 Å². The zero-order valence-electron chi connectivity index (χ0n) is 11.5. The lowest BCUT2D eigenvalue weighted by atomic mass is 10.1. The molecule has 114 valence electrons. The van der Waals surface area contributed by atoms with Gasteiger partial charge in [-0.3, -0.25) is 14.9 Å². The topological polar surface area (TPSA) is 72.2 Å². The van der Waals surface area contributed by atoms with Crippen LogP contribution in [-0.2, 0) is 0 Å². The summed E-state index contributed by atoms with van der Waals surface area (Å²) in [4.78, 5) is 22.5. The first-order valence-electron chi connectivity index (χ1n) is 6.39. The largest absolute Gasteiger partial charge is 0.345 e. The molecule has 0 heterocycles. The summed E-state index contributed by atoms with van der Waals surface area (Å²) in [6.45, 7) is 1.68. The number of nitro groups is 1. The number of hydrogen-bond acceptors (Lipinski definition) is 3. The van der Waals surface area contributed by atoms with Gasteiger partial charge in [0.25, 0.3) is 11.6 Å². The number of amides is 1. The van der Waals surface area contributed by atoms with Gasteiger partial charge in [0.2, 0.25) is 0 Å². The molecule has 0 aliphatic heterocycles. The Bertz CT molecular complexity index is 736. The molecule has 1 unspecified atom stereocenters. The molecule has 0 radical (unpaired) electrons. The van der Waals surface area contributed by atoms with Crippen LogP contribution in [0, 0.1) is 15.9 Å². The zero-order valence-corrected chi connectivity index (χ0v) is 12.3. The van der Waals surface area contributed by atoms with Gasteiger partial charge in [-0.25, -0.2) is 4.39 Å². The number of nitrogens with one attached hydrogen (secondary N) is 1. The van der Waals surface area contributed by atoms with E-state index in [1.54, 1.807) is 13.0 Å². The van der Waals surface area contributed by atoms with Crippen LogP contribution < -0.4 is 5.32 Å². The Morgan fingerprint density at radius 3 is 2.64 bits per heavy atom. The van der Waals surface area contributed by atoms with Crippen LogP contribution in [0.3, 0.4) is 0 Å². The van der Waals surface area contributed by atoms with Crippen LogP contribution in [0.1, 0.15) is 28.9 Å². The van der Waals surface area contributed by atoms with Gasteiger partial charge in [0.1, 0.15) is 11.4 Å². The summed E-state index contributed by atoms with van der Waals surface area (Å²) >= 11 is 5.70. The summed E-state index contributed by atoms with van der Waals surface area (Å²) in [5.41, 5.74) is 0.287. The molecule has 0 aliphatic carbocycles. The minimum absolute atomic E-state index is 0.0347. The molecule has 0 saturated carbocycles. The third-order valence-electron chi connectivity index (χ3n) is 3.14. The highest BCUT2D eigenvalue weighted by Crippen LogP contribution is 2.22. The van der Waals surface area contributed by atoms with E-state index in [1.165, 1.54) is 36.4 Å². The Morgan fingerprint density at radius 1 is 1.32 bits per heavy atom. The van der Waals surface area contributed by atoms with E-state index < -0.39 is 22.7 Å². The number of carbonyl (C=O) groups excluding carboxylic acids is 1. The normalized spacial score (nSPS) is 11.8. The van der Waals surface area contributed by atoms with Crippen molar-refractivity contribution in [1.29, 1.82) is 0 Å². The Labute approximate surface area is 130 Å². The van der Waals surface area contributed by atoms with Gasteiger partial charge in [-0.15, -0.1) is 0 Å². The second-order valence-electron chi connectivity index (χ2n) is 4.64. The van der Waals surface area contributed by atoms with Crippen LogP contribution in [0.15, 0.2) is 42.5 Å². The van der Waals surface area contributed by atoms with Gasteiger partial charge < -0.3 is 5.32 Å². The zero-order chi connectivity index (χ0) is 16.3. The minimum Gasteiger partial charge on any atom is -0.345 e. The van der Waals surface area contributed by atoms with E-state index in [2.05, 4.69) is 5.32 Å². The average Bonchev–Trinajstić information content (AvgIpc) is 2.49. The van der Waals surface area contributed by atoms with Crippen LogP contribution in [-0.4, -0.2) is 10.8 Å². The van der Waals surface area contributed by atoms with Crippen molar-refractivity contribution in [1.82, 2.24) is 5.32 Å². The summed E-state index contributed by atoms with van der Waals surface area (Å²) in [5.74, 6) is -1.14. The van der Waals surface area contributed by atoms with E-state index in [0.29, 0.717) is 5.56 Å². The van der Waals surface area contributed by atoms with E-state index in [9.17, 15) is 19.3 Å². The summed E-state index contributed by atoms with van der Waals surface area (Å²) in [6.07, 6.45) is 0. The van der Waals surface area contributed by atoms with Crippen molar-refractivity contribution >= 4 is 23.2 Å². The predicted molar refractivity (Wildman–Crippen MR) is 80.4 cm³/mol. The summed E-state index contributed by atoms with van der Waals surface area (Å²) in [7, 11) is 0. The van der Waals surface area contributed by atoms with Crippen molar-refractivity contribution in [2.45, 2.75) is 13.0 Å². The first-order valence-corrected chi connectivity index (χ1v) is 6.77. The lowest BCUT2D eigenvalue weighted by Gasteiger charge is -2.15. The van der Waals surface area contributed by atoms with E-state index in [4.69, 9.17) is 11.6 Å². The van der Waals surface area contributed by atoms with Gasteiger partial charge in [-0.05, 0) is 30.7 Å². The molecule has 0 aliphatic rings. The van der Waals surface area contributed by atoms with Crippen LogP contribution in [0.2, 0.25) is 5.02 Å². The lowest BCUT2D eigenvalue weighted by Crippen LogP contribution is -2.27. The van der Waals surface area contributed by atoms with Gasteiger partial charge in [0.15, 0.2) is 0 Å². The molecule has 2 aromatic carbocycles. The van der Waals surface area contributed by atoms with E-state index in [1.807, 2.05) is 0 Å². The SMILES string of the molecule is CC(NC(=O)c1ccccc1[N+](=O)[O-])c1ccc(F)c(Cl)c1. The van der Waals surface area contributed by atoms with Crippen LogP contribution in [0.5, 0.6) is 0 Å². The molecule has 22 heavy (non-hydrogen) atoms. The maximum atomic E-state index is 13.1. The first-order chi connectivity index (χ1) is 10.4. The highest BCUT2D eigenvalue weighted by molar-refractivity contribution is 6.30. The van der Waals surface area contributed by atoms with E-state index in [-0.39, 0.29) is 16.3 Å². The van der Waals surface area contributed by atoms with Crippen LogP contribution in [0.25, 0.3) is 0 Å².